The molecule has 98 valence electrons. The highest BCUT2D eigenvalue weighted by Crippen LogP contribution is 2.40. The molecule has 3 rings (SSSR count). The molecule has 6 nitrogen and oxygen atoms in total. The van der Waals surface area contributed by atoms with E-state index in [0.717, 1.165) is 24.1 Å². The van der Waals surface area contributed by atoms with Gasteiger partial charge in [0.2, 0.25) is 0 Å². The van der Waals surface area contributed by atoms with Crippen LogP contribution >= 0.6 is 0 Å². The number of urea groups is 1. The molecule has 1 saturated carbocycles. The van der Waals surface area contributed by atoms with Gasteiger partial charge in [-0.15, -0.1) is 0 Å². The molecule has 0 aromatic carbocycles. The van der Waals surface area contributed by atoms with Gasteiger partial charge in [-0.25, -0.2) is 4.79 Å². The van der Waals surface area contributed by atoms with Gasteiger partial charge >= 0.3 is 6.03 Å². The number of anilines is 1. The van der Waals surface area contributed by atoms with Crippen LogP contribution in [-0.2, 0) is 6.54 Å². The van der Waals surface area contributed by atoms with Crippen LogP contribution in [0.1, 0.15) is 30.0 Å². The van der Waals surface area contributed by atoms with Crippen molar-refractivity contribution in [2.45, 2.75) is 25.3 Å². The fourth-order valence-corrected chi connectivity index (χ4v) is 1.88. The SMILES string of the molecule is O=C(NCc1conc1C1CC1)Nc1ccncc1. The average Bonchev–Trinajstić information content (AvgIpc) is 3.16. The van der Waals surface area contributed by atoms with Crippen LogP contribution in [0, 0.1) is 0 Å². The van der Waals surface area contributed by atoms with Crippen LogP contribution in [0.15, 0.2) is 35.3 Å². The van der Waals surface area contributed by atoms with Gasteiger partial charge in [-0.1, -0.05) is 5.16 Å². The van der Waals surface area contributed by atoms with E-state index in [0.29, 0.717) is 18.2 Å². The monoisotopic (exact) mass is 258 g/mol. The Labute approximate surface area is 110 Å². The van der Waals surface area contributed by atoms with E-state index in [9.17, 15) is 4.79 Å². The summed E-state index contributed by atoms with van der Waals surface area (Å²) in [7, 11) is 0. The summed E-state index contributed by atoms with van der Waals surface area (Å²) < 4.78 is 4.97. The highest BCUT2D eigenvalue weighted by Gasteiger charge is 2.29. The maximum absolute atomic E-state index is 11.7. The van der Waals surface area contributed by atoms with Crippen LogP contribution in [-0.4, -0.2) is 16.2 Å². The van der Waals surface area contributed by atoms with E-state index in [1.54, 1.807) is 30.8 Å². The van der Waals surface area contributed by atoms with E-state index < -0.39 is 0 Å². The van der Waals surface area contributed by atoms with Crippen molar-refractivity contribution in [3.05, 3.63) is 42.0 Å². The zero-order valence-corrected chi connectivity index (χ0v) is 10.3. The van der Waals surface area contributed by atoms with Crippen LogP contribution in [0.3, 0.4) is 0 Å². The highest BCUT2D eigenvalue weighted by atomic mass is 16.5. The summed E-state index contributed by atoms with van der Waals surface area (Å²) >= 11 is 0. The van der Waals surface area contributed by atoms with Gasteiger partial charge in [0.1, 0.15) is 6.26 Å². The predicted octanol–water partition coefficient (Wildman–Crippen LogP) is 2.27. The molecule has 0 aliphatic heterocycles. The number of hydrogen-bond donors (Lipinski definition) is 2. The summed E-state index contributed by atoms with van der Waals surface area (Å²) in [5.74, 6) is 0.513. The number of hydrogen-bond acceptors (Lipinski definition) is 4. The summed E-state index contributed by atoms with van der Waals surface area (Å²) in [5, 5.41) is 9.50. The van der Waals surface area contributed by atoms with Crippen molar-refractivity contribution in [3.63, 3.8) is 0 Å². The van der Waals surface area contributed by atoms with Gasteiger partial charge in [-0.2, -0.15) is 0 Å². The number of nitrogens with zero attached hydrogens (tertiary/aromatic N) is 2. The van der Waals surface area contributed by atoms with E-state index in [2.05, 4.69) is 20.8 Å². The summed E-state index contributed by atoms with van der Waals surface area (Å²) in [5.41, 5.74) is 2.64. The van der Waals surface area contributed by atoms with E-state index in [4.69, 9.17) is 4.52 Å². The smallest absolute Gasteiger partial charge is 0.319 e. The summed E-state index contributed by atoms with van der Waals surface area (Å²) in [6.45, 7) is 0.423. The molecule has 2 aromatic rings. The lowest BCUT2D eigenvalue weighted by molar-refractivity contribution is 0.251. The number of amides is 2. The Kier molecular flexibility index (Phi) is 3.14. The maximum atomic E-state index is 11.7. The number of carbonyl (C=O) groups is 1. The molecule has 0 unspecified atom stereocenters. The Bertz CT molecular complexity index is 563. The first-order chi connectivity index (χ1) is 9.33. The van der Waals surface area contributed by atoms with Crippen LogP contribution in [0.4, 0.5) is 10.5 Å². The molecule has 2 heterocycles. The van der Waals surface area contributed by atoms with Crippen molar-refractivity contribution in [1.82, 2.24) is 15.5 Å². The molecule has 0 radical (unpaired) electrons. The van der Waals surface area contributed by atoms with Crippen molar-refractivity contribution in [3.8, 4) is 0 Å². The Morgan fingerprint density at radius 3 is 2.89 bits per heavy atom. The lowest BCUT2D eigenvalue weighted by Crippen LogP contribution is -2.28. The summed E-state index contributed by atoms with van der Waals surface area (Å²) in [4.78, 5) is 15.6. The fraction of sp³-hybridized carbons (Fsp3) is 0.308. The molecule has 0 bridgehead atoms. The lowest BCUT2D eigenvalue weighted by Gasteiger charge is -2.06. The Morgan fingerprint density at radius 2 is 2.16 bits per heavy atom. The van der Waals surface area contributed by atoms with Crippen LogP contribution in [0.5, 0.6) is 0 Å². The number of rotatable bonds is 4. The number of pyridine rings is 1. The Hall–Kier alpha value is -2.37. The Balaban J connectivity index is 1.54. The molecule has 0 saturated heterocycles. The minimum Gasteiger partial charge on any atom is -0.364 e. The minimum atomic E-state index is -0.255. The largest absolute Gasteiger partial charge is 0.364 e. The third kappa shape index (κ3) is 2.90. The number of carbonyl (C=O) groups excluding carboxylic acids is 1. The minimum absolute atomic E-state index is 0.255. The van der Waals surface area contributed by atoms with E-state index in [-0.39, 0.29) is 6.03 Å². The molecule has 0 spiro atoms. The molecule has 19 heavy (non-hydrogen) atoms. The third-order valence-electron chi connectivity index (χ3n) is 3.02. The van der Waals surface area contributed by atoms with Crippen molar-refractivity contribution >= 4 is 11.7 Å². The van der Waals surface area contributed by atoms with Gasteiger partial charge in [-0.3, -0.25) is 4.98 Å². The van der Waals surface area contributed by atoms with E-state index >= 15 is 0 Å². The zero-order chi connectivity index (χ0) is 13.1. The molecule has 6 heteroatoms. The highest BCUT2D eigenvalue weighted by molar-refractivity contribution is 5.89. The van der Waals surface area contributed by atoms with E-state index in [1.165, 1.54) is 0 Å². The molecule has 2 N–H and O–H groups in total. The van der Waals surface area contributed by atoms with Gasteiger partial charge in [0, 0.05) is 36.1 Å². The van der Waals surface area contributed by atoms with Gasteiger partial charge in [0.25, 0.3) is 0 Å². The predicted molar refractivity (Wildman–Crippen MR) is 68.6 cm³/mol. The lowest BCUT2D eigenvalue weighted by atomic mass is 10.2. The molecule has 2 aromatic heterocycles. The molecular weight excluding hydrogens is 244 g/mol. The molecule has 2 amide bonds. The fourth-order valence-electron chi connectivity index (χ4n) is 1.88. The average molecular weight is 258 g/mol. The van der Waals surface area contributed by atoms with Gasteiger partial charge < -0.3 is 15.2 Å². The second-order valence-electron chi connectivity index (χ2n) is 4.54. The van der Waals surface area contributed by atoms with E-state index in [1.807, 2.05) is 0 Å². The van der Waals surface area contributed by atoms with Crippen LogP contribution in [0.2, 0.25) is 0 Å². The molecule has 1 aliphatic carbocycles. The Morgan fingerprint density at radius 1 is 1.37 bits per heavy atom. The van der Waals surface area contributed by atoms with Crippen molar-refractivity contribution < 1.29 is 9.32 Å². The van der Waals surface area contributed by atoms with Crippen molar-refractivity contribution in [1.29, 1.82) is 0 Å². The quantitative estimate of drug-likeness (QED) is 0.881. The van der Waals surface area contributed by atoms with Gasteiger partial charge in [-0.05, 0) is 25.0 Å². The van der Waals surface area contributed by atoms with Gasteiger partial charge in [0.05, 0.1) is 5.69 Å². The standard InChI is InChI=1S/C13H14N4O2/c18-13(16-11-3-5-14-6-4-11)15-7-10-8-19-17-12(10)9-1-2-9/h3-6,8-9H,1-2,7H2,(H2,14,15,16,18). The van der Waals surface area contributed by atoms with Crippen LogP contribution in [0.25, 0.3) is 0 Å². The topological polar surface area (TPSA) is 80.0 Å². The summed E-state index contributed by atoms with van der Waals surface area (Å²) in [6, 6.07) is 3.21. The zero-order valence-electron chi connectivity index (χ0n) is 10.3. The molecule has 1 fully saturated rings. The van der Waals surface area contributed by atoms with Crippen LogP contribution < -0.4 is 10.6 Å². The van der Waals surface area contributed by atoms with Crippen molar-refractivity contribution in [2.24, 2.45) is 0 Å². The third-order valence-corrected chi connectivity index (χ3v) is 3.02. The molecular formula is C13H14N4O2. The van der Waals surface area contributed by atoms with Crippen molar-refractivity contribution in [2.75, 3.05) is 5.32 Å². The first-order valence-electron chi connectivity index (χ1n) is 6.21. The second-order valence-corrected chi connectivity index (χ2v) is 4.54. The second kappa shape index (κ2) is 5.09. The first kappa shape index (κ1) is 11.7. The molecule has 0 atom stereocenters. The van der Waals surface area contributed by atoms with Gasteiger partial charge in [0.15, 0.2) is 0 Å². The first-order valence-corrected chi connectivity index (χ1v) is 6.21. The maximum Gasteiger partial charge on any atom is 0.319 e. The number of aromatic nitrogens is 2. The number of nitrogens with one attached hydrogen (secondary N) is 2. The molecule has 1 aliphatic rings. The summed E-state index contributed by atoms with van der Waals surface area (Å²) in [6.07, 6.45) is 7.16. The normalized spacial score (nSPS) is 14.1.